The summed E-state index contributed by atoms with van der Waals surface area (Å²) in [7, 11) is 1.45. The summed E-state index contributed by atoms with van der Waals surface area (Å²) < 4.78 is 11.0. The van der Waals surface area contributed by atoms with Crippen LogP contribution in [0, 0.1) is 0 Å². The molecule has 2 fully saturated rings. The van der Waals surface area contributed by atoms with E-state index in [-0.39, 0.29) is 31.0 Å². The number of ether oxygens (including phenoxy) is 2. The zero-order valence-electron chi connectivity index (χ0n) is 27.1. The second-order valence-electron chi connectivity index (χ2n) is 11.8. The molecule has 0 radical (unpaired) electrons. The number of phenolic OH excluding ortho intramolecular Hbond substituents is 1. The summed E-state index contributed by atoms with van der Waals surface area (Å²) in [5.74, 6) is -1.99. The number of benzene rings is 2. The molecule has 0 unspecified atom stereocenters. The number of aryl methyl sites for hydroxylation is 1. The number of methoxy groups -OCH3 is 1. The van der Waals surface area contributed by atoms with Gasteiger partial charge in [0.05, 0.1) is 20.3 Å². The van der Waals surface area contributed by atoms with Crippen molar-refractivity contribution in [3.63, 3.8) is 0 Å². The van der Waals surface area contributed by atoms with E-state index in [0.717, 1.165) is 5.56 Å². The van der Waals surface area contributed by atoms with Crippen molar-refractivity contribution in [3.05, 3.63) is 53.6 Å². The van der Waals surface area contributed by atoms with Gasteiger partial charge in [0.2, 0.25) is 23.6 Å². The maximum absolute atomic E-state index is 13.4. The smallest absolute Gasteiger partial charge is 0.334 e. The summed E-state index contributed by atoms with van der Waals surface area (Å²) in [5, 5.41) is 25.0. The third kappa shape index (κ3) is 7.95. The Labute approximate surface area is 274 Å². The lowest BCUT2D eigenvalue weighted by atomic mass is 9.86. The molecule has 3 atom stereocenters. The van der Waals surface area contributed by atoms with Gasteiger partial charge in [-0.25, -0.2) is 4.79 Å². The van der Waals surface area contributed by atoms with E-state index in [2.05, 4.69) is 10.6 Å². The summed E-state index contributed by atoms with van der Waals surface area (Å²) in [6.07, 6.45) is 3.28. The normalized spacial score (nSPS) is 19.6. The lowest BCUT2D eigenvalue weighted by Gasteiger charge is -2.35. The number of nitrogens with zero attached hydrogens (tertiary/aromatic N) is 2. The average Bonchev–Trinajstić information content (AvgIpc) is 3.74. The molecule has 2 aliphatic rings. The van der Waals surface area contributed by atoms with Crippen LogP contribution in [0.4, 0.5) is 0 Å². The highest BCUT2D eigenvalue weighted by Gasteiger charge is 2.51. The van der Waals surface area contributed by atoms with Crippen LogP contribution in [-0.4, -0.2) is 95.0 Å². The number of aliphatic carboxylic acids is 1. The first-order chi connectivity index (χ1) is 22.5. The van der Waals surface area contributed by atoms with Crippen molar-refractivity contribution in [3.8, 4) is 17.2 Å². The molecule has 2 aromatic carbocycles. The van der Waals surface area contributed by atoms with Crippen molar-refractivity contribution in [1.82, 2.24) is 20.4 Å². The summed E-state index contributed by atoms with van der Waals surface area (Å²) >= 11 is 0. The van der Waals surface area contributed by atoms with E-state index in [4.69, 9.17) is 9.47 Å². The molecule has 2 heterocycles. The second kappa shape index (κ2) is 15.7. The zero-order chi connectivity index (χ0) is 34.1. The van der Waals surface area contributed by atoms with Gasteiger partial charge in [0.1, 0.15) is 17.8 Å². The number of rotatable bonds is 14. The van der Waals surface area contributed by atoms with Crippen molar-refractivity contribution in [1.29, 1.82) is 0 Å². The number of nitrogens with one attached hydrogen (secondary N) is 2. The van der Waals surface area contributed by atoms with E-state index in [1.54, 1.807) is 47.4 Å². The predicted molar refractivity (Wildman–Crippen MR) is 171 cm³/mol. The molecule has 2 aliphatic heterocycles. The number of hydrogen-bond donors (Lipinski definition) is 4. The van der Waals surface area contributed by atoms with Gasteiger partial charge in [-0.2, -0.15) is 0 Å². The average molecular weight is 653 g/mol. The van der Waals surface area contributed by atoms with Crippen molar-refractivity contribution >= 4 is 29.6 Å². The highest BCUT2D eigenvalue weighted by Crippen LogP contribution is 2.42. The Balaban J connectivity index is 1.32. The minimum atomic E-state index is -1.65. The number of amides is 4. The van der Waals surface area contributed by atoms with Crippen molar-refractivity contribution < 1.29 is 43.7 Å². The van der Waals surface area contributed by atoms with E-state index in [1.807, 2.05) is 6.92 Å². The van der Waals surface area contributed by atoms with Gasteiger partial charge in [0, 0.05) is 19.5 Å². The Morgan fingerprint density at radius 2 is 1.77 bits per heavy atom. The van der Waals surface area contributed by atoms with Crippen LogP contribution in [0.5, 0.6) is 17.2 Å². The summed E-state index contributed by atoms with van der Waals surface area (Å²) in [6.45, 7) is 3.87. The van der Waals surface area contributed by atoms with Gasteiger partial charge in [-0.1, -0.05) is 18.2 Å². The SMILES string of the molecule is CCOc1ccc([C@@]2(C(=O)O)CCCN2C(=O)CNC(=O)[C@H](C)NC(=O)[C@@H]2CCCN2C(=O)CCCc2ccc(O)cc2)cc1OC. The molecule has 0 saturated carbocycles. The number of phenols is 1. The molecule has 13 heteroatoms. The minimum Gasteiger partial charge on any atom is -0.508 e. The van der Waals surface area contributed by atoms with Gasteiger partial charge >= 0.3 is 5.97 Å². The van der Waals surface area contributed by atoms with Crippen LogP contribution in [0.3, 0.4) is 0 Å². The fraction of sp³-hybridized carbons (Fsp3) is 0.500. The largest absolute Gasteiger partial charge is 0.508 e. The van der Waals surface area contributed by atoms with E-state index >= 15 is 0 Å². The van der Waals surface area contributed by atoms with Gasteiger partial charge in [0.25, 0.3) is 0 Å². The number of likely N-dealkylation sites (tertiary alicyclic amines) is 2. The number of carboxylic acid groups (broad SMARTS) is 1. The first-order valence-corrected chi connectivity index (χ1v) is 16.0. The molecule has 2 aromatic rings. The van der Waals surface area contributed by atoms with Crippen LogP contribution in [-0.2, 0) is 35.9 Å². The fourth-order valence-electron chi connectivity index (χ4n) is 6.38. The molecule has 4 N–H and O–H groups in total. The molecule has 4 amide bonds. The molecular formula is C34H44N4O9. The highest BCUT2D eigenvalue weighted by atomic mass is 16.5. The molecule has 254 valence electrons. The Morgan fingerprint density at radius 1 is 1.02 bits per heavy atom. The molecule has 0 spiro atoms. The lowest BCUT2D eigenvalue weighted by molar-refractivity contribution is -0.157. The first kappa shape index (κ1) is 35.1. The maximum atomic E-state index is 13.4. The molecule has 0 aliphatic carbocycles. The topological polar surface area (TPSA) is 175 Å². The van der Waals surface area contributed by atoms with Crippen LogP contribution < -0.4 is 20.1 Å². The van der Waals surface area contributed by atoms with E-state index in [0.29, 0.717) is 62.3 Å². The summed E-state index contributed by atoms with van der Waals surface area (Å²) in [5.41, 5.74) is -0.291. The lowest BCUT2D eigenvalue weighted by Crippen LogP contribution is -2.55. The first-order valence-electron chi connectivity index (χ1n) is 16.0. The minimum absolute atomic E-state index is 0.137. The quantitative estimate of drug-likeness (QED) is 0.239. The number of carbonyl (C=O) groups excluding carboxylic acids is 4. The molecule has 2 saturated heterocycles. The Kier molecular flexibility index (Phi) is 11.7. The van der Waals surface area contributed by atoms with Gasteiger partial charge < -0.3 is 40.1 Å². The van der Waals surface area contributed by atoms with Gasteiger partial charge in [0.15, 0.2) is 17.0 Å². The Bertz CT molecular complexity index is 1460. The molecule has 0 bridgehead atoms. The molecular weight excluding hydrogens is 608 g/mol. The van der Waals surface area contributed by atoms with Crippen LogP contribution in [0.2, 0.25) is 0 Å². The maximum Gasteiger partial charge on any atom is 0.334 e. The molecule has 13 nitrogen and oxygen atoms in total. The highest BCUT2D eigenvalue weighted by molar-refractivity contribution is 5.95. The summed E-state index contributed by atoms with van der Waals surface area (Å²) in [4.78, 5) is 67.9. The van der Waals surface area contributed by atoms with Crippen LogP contribution in [0.15, 0.2) is 42.5 Å². The van der Waals surface area contributed by atoms with E-state index in [9.17, 15) is 34.2 Å². The standard InChI is InChI=1S/C34H44N4O9/c1-4-47-27-16-13-24(20-28(27)46-3)34(33(44)45)17-7-19-38(34)30(41)21-35-31(42)22(2)36-32(43)26-9-6-18-37(26)29(40)10-5-8-23-11-14-25(39)15-12-23/h11-16,20,22,26,39H,4-10,17-19,21H2,1-3H3,(H,35,42)(H,36,43)(H,44,45)/t22-,26-,34+/m0/s1. The monoisotopic (exact) mass is 652 g/mol. The third-order valence-electron chi connectivity index (χ3n) is 8.81. The number of carboxylic acids is 1. The zero-order valence-corrected chi connectivity index (χ0v) is 27.1. The van der Waals surface area contributed by atoms with E-state index < -0.39 is 47.9 Å². The summed E-state index contributed by atoms with van der Waals surface area (Å²) in [6, 6.07) is 9.90. The predicted octanol–water partition coefficient (Wildman–Crippen LogP) is 2.34. The molecule has 47 heavy (non-hydrogen) atoms. The van der Waals surface area contributed by atoms with Crippen LogP contribution >= 0.6 is 0 Å². The molecule has 4 rings (SSSR count). The van der Waals surface area contributed by atoms with Crippen molar-refractivity contribution in [2.24, 2.45) is 0 Å². The second-order valence-corrected chi connectivity index (χ2v) is 11.8. The number of aromatic hydroxyl groups is 1. The molecule has 0 aromatic heterocycles. The van der Waals surface area contributed by atoms with Crippen LogP contribution in [0.1, 0.15) is 63.5 Å². The van der Waals surface area contributed by atoms with Crippen molar-refractivity contribution in [2.45, 2.75) is 76.4 Å². The van der Waals surface area contributed by atoms with Gasteiger partial charge in [-0.05, 0) is 87.8 Å². The third-order valence-corrected chi connectivity index (χ3v) is 8.81. The van der Waals surface area contributed by atoms with Gasteiger partial charge in [-0.15, -0.1) is 0 Å². The Hall–Kier alpha value is -4.81. The van der Waals surface area contributed by atoms with Gasteiger partial charge in [-0.3, -0.25) is 19.2 Å². The Morgan fingerprint density at radius 3 is 2.45 bits per heavy atom. The van der Waals surface area contributed by atoms with E-state index in [1.165, 1.54) is 18.9 Å². The fourth-order valence-corrected chi connectivity index (χ4v) is 6.38. The van der Waals surface area contributed by atoms with Crippen LogP contribution in [0.25, 0.3) is 0 Å². The number of carbonyl (C=O) groups is 5. The van der Waals surface area contributed by atoms with Crippen molar-refractivity contribution in [2.75, 3.05) is 33.4 Å². The number of hydrogen-bond acceptors (Lipinski definition) is 8.